The monoisotopic (exact) mass is 288 g/mol. The summed E-state index contributed by atoms with van der Waals surface area (Å²) in [6.45, 7) is 3.03. The Balaban J connectivity index is 2.16. The van der Waals surface area contributed by atoms with E-state index in [1.54, 1.807) is 18.2 Å². The van der Waals surface area contributed by atoms with Gasteiger partial charge in [0.05, 0.1) is 5.69 Å². The summed E-state index contributed by atoms with van der Waals surface area (Å²) in [5.74, 6) is 0. The molecule has 0 aliphatic carbocycles. The quantitative estimate of drug-likeness (QED) is 0.930. The number of piperidine rings is 1. The van der Waals surface area contributed by atoms with Crippen LogP contribution in [0.15, 0.2) is 18.2 Å². The molecule has 1 fully saturated rings. The summed E-state index contributed by atoms with van der Waals surface area (Å²) in [5, 5.41) is 0.605. The van der Waals surface area contributed by atoms with Gasteiger partial charge in [-0.05, 0) is 43.5 Å². The Morgan fingerprint density at radius 1 is 1.22 bits per heavy atom. The van der Waals surface area contributed by atoms with Crippen LogP contribution >= 0.6 is 11.6 Å². The molecular weight excluding hydrogens is 272 g/mol. The second kappa shape index (κ2) is 5.47. The van der Waals surface area contributed by atoms with Crippen molar-refractivity contribution in [3.63, 3.8) is 0 Å². The molecule has 1 N–H and O–H groups in total. The zero-order chi connectivity index (χ0) is 13.2. The van der Waals surface area contributed by atoms with Gasteiger partial charge >= 0.3 is 10.2 Å². The molecule has 4 nitrogen and oxygen atoms in total. The lowest BCUT2D eigenvalue weighted by Gasteiger charge is -2.26. The van der Waals surface area contributed by atoms with Crippen LogP contribution in [0.3, 0.4) is 0 Å². The first-order valence-corrected chi connectivity index (χ1v) is 7.85. The van der Waals surface area contributed by atoms with Crippen molar-refractivity contribution < 1.29 is 8.42 Å². The maximum Gasteiger partial charge on any atom is 0.301 e. The zero-order valence-electron chi connectivity index (χ0n) is 10.3. The standard InChI is InChI=1S/C12H17ClN2O2S/c1-10-9-11(13)5-6-12(10)14-18(16,17)15-7-3-2-4-8-15/h5-6,9,14H,2-4,7-8H2,1H3. The summed E-state index contributed by atoms with van der Waals surface area (Å²) in [6.07, 6.45) is 2.97. The fraction of sp³-hybridized carbons (Fsp3) is 0.500. The molecule has 1 aromatic rings. The Morgan fingerprint density at radius 3 is 2.50 bits per heavy atom. The average Bonchev–Trinajstić information content (AvgIpc) is 2.34. The lowest BCUT2D eigenvalue weighted by Crippen LogP contribution is -2.39. The number of benzene rings is 1. The molecule has 1 aliphatic heterocycles. The molecule has 1 saturated heterocycles. The third-order valence-corrected chi connectivity index (χ3v) is 4.84. The molecule has 100 valence electrons. The number of nitrogens with one attached hydrogen (secondary N) is 1. The van der Waals surface area contributed by atoms with Gasteiger partial charge in [0, 0.05) is 18.1 Å². The highest BCUT2D eigenvalue weighted by Gasteiger charge is 2.24. The Hall–Kier alpha value is -0.780. The second-order valence-corrected chi connectivity index (χ2v) is 6.63. The molecule has 0 amide bonds. The van der Waals surface area contributed by atoms with Crippen LogP contribution in [0.2, 0.25) is 5.02 Å². The molecule has 0 spiro atoms. The molecule has 0 aromatic heterocycles. The van der Waals surface area contributed by atoms with Gasteiger partial charge in [-0.15, -0.1) is 0 Å². The van der Waals surface area contributed by atoms with Gasteiger partial charge in [-0.1, -0.05) is 18.0 Å². The van der Waals surface area contributed by atoms with Gasteiger partial charge in [-0.2, -0.15) is 12.7 Å². The van der Waals surface area contributed by atoms with Gasteiger partial charge in [0.2, 0.25) is 0 Å². The first kappa shape index (κ1) is 13.6. The van der Waals surface area contributed by atoms with Crippen LogP contribution in [-0.2, 0) is 10.2 Å². The Labute approximate surface area is 113 Å². The van der Waals surface area contributed by atoms with Gasteiger partial charge in [0.15, 0.2) is 0 Å². The Morgan fingerprint density at radius 2 is 1.89 bits per heavy atom. The third-order valence-electron chi connectivity index (χ3n) is 3.08. The lowest BCUT2D eigenvalue weighted by atomic mass is 10.2. The number of nitrogens with zero attached hydrogens (tertiary/aromatic N) is 1. The van der Waals surface area contributed by atoms with Crippen LogP contribution in [0.5, 0.6) is 0 Å². The van der Waals surface area contributed by atoms with Crippen molar-refractivity contribution in [2.75, 3.05) is 17.8 Å². The van der Waals surface area contributed by atoms with Crippen molar-refractivity contribution in [1.29, 1.82) is 0 Å². The highest BCUT2D eigenvalue weighted by Crippen LogP contribution is 2.22. The maximum atomic E-state index is 12.2. The van der Waals surface area contributed by atoms with Crippen LogP contribution in [0.4, 0.5) is 5.69 Å². The van der Waals surface area contributed by atoms with E-state index in [0.717, 1.165) is 24.8 Å². The number of anilines is 1. The van der Waals surface area contributed by atoms with E-state index in [4.69, 9.17) is 11.6 Å². The lowest BCUT2D eigenvalue weighted by molar-refractivity contribution is 0.349. The smallest absolute Gasteiger partial charge is 0.271 e. The van der Waals surface area contributed by atoms with Crippen molar-refractivity contribution >= 4 is 27.5 Å². The van der Waals surface area contributed by atoms with Crippen molar-refractivity contribution in [1.82, 2.24) is 4.31 Å². The van der Waals surface area contributed by atoms with Crippen LogP contribution in [-0.4, -0.2) is 25.8 Å². The van der Waals surface area contributed by atoms with E-state index >= 15 is 0 Å². The fourth-order valence-corrected chi connectivity index (χ4v) is 3.65. The van der Waals surface area contributed by atoms with E-state index < -0.39 is 10.2 Å². The topological polar surface area (TPSA) is 49.4 Å². The van der Waals surface area contributed by atoms with Crippen LogP contribution < -0.4 is 4.72 Å². The summed E-state index contributed by atoms with van der Waals surface area (Å²) in [6, 6.07) is 5.12. The average molecular weight is 289 g/mol. The molecule has 0 atom stereocenters. The highest BCUT2D eigenvalue weighted by molar-refractivity contribution is 7.90. The molecule has 0 saturated carbocycles. The summed E-state index contributed by atoms with van der Waals surface area (Å²) in [5.41, 5.74) is 1.41. The van der Waals surface area contributed by atoms with Crippen LogP contribution in [0, 0.1) is 6.92 Å². The minimum atomic E-state index is -3.43. The summed E-state index contributed by atoms with van der Waals surface area (Å²) >= 11 is 5.85. The number of aryl methyl sites for hydroxylation is 1. The van der Waals surface area contributed by atoms with Gasteiger partial charge in [0.25, 0.3) is 0 Å². The van der Waals surface area contributed by atoms with Crippen molar-refractivity contribution in [2.24, 2.45) is 0 Å². The summed E-state index contributed by atoms with van der Waals surface area (Å²) in [7, 11) is -3.43. The van der Waals surface area contributed by atoms with E-state index in [0.29, 0.717) is 23.8 Å². The van der Waals surface area contributed by atoms with Crippen LogP contribution in [0.25, 0.3) is 0 Å². The molecule has 2 rings (SSSR count). The molecule has 1 aliphatic rings. The first-order valence-electron chi connectivity index (χ1n) is 6.03. The van der Waals surface area contributed by atoms with Crippen molar-refractivity contribution in [3.05, 3.63) is 28.8 Å². The van der Waals surface area contributed by atoms with E-state index in [-0.39, 0.29) is 0 Å². The molecule has 1 aromatic carbocycles. The summed E-state index contributed by atoms with van der Waals surface area (Å²) in [4.78, 5) is 0. The van der Waals surface area contributed by atoms with E-state index in [9.17, 15) is 8.42 Å². The van der Waals surface area contributed by atoms with Gasteiger partial charge in [0.1, 0.15) is 0 Å². The molecule has 0 unspecified atom stereocenters. The molecule has 0 radical (unpaired) electrons. The SMILES string of the molecule is Cc1cc(Cl)ccc1NS(=O)(=O)N1CCCCC1. The van der Waals surface area contributed by atoms with E-state index in [2.05, 4.69) is 4.72 Å². The Bertz CT molecular complexity index is 525. The van der Waals surface area contributed by atoms with Crippen LogP contribution in [0.1, 0.15) is 24.8 Å². The number of hydrogen-bond acceptors (Lipinski definition) is 2. The third kappa shape index (κ3) is 3.16. The summed E-state index contributed by atoms with van der Waals surface area (Å²) < 4.78 is 28.5. The van der Waals surface area contributed by atoms with Gasteiger partial charge in [-0.3, -0.25) is 4.72 Å². The van der Waals surface area contributed by atoms with Gasteiger partial charge in [-0.25, -0.2) is 0 Å². The zero-order valence-corrected chi connectivity index (χ0v) is 11.9. The molecule has 18 heavy (non-hydrogen) atoms. The minimum absolute atomic E-state index is 0.588. The predicted molar refractivity (Wildman–Crippen MR) is 74.2 cm³/mol. The minimum Gasteiger partial charge on any atom is -0.271 e. The normalized spacial score (nSPS) is 17.7. The first-order chi connectivity index (χ1) is 8.49. The van der Waals surface area contributed by atoms with Crippen molar-refractivity contribution in [2.45, 2.75) is 26.2 Å². The maximum absolute atomic E-state index is 12.2. The second-order valence-electron chi connectivity index (χ2n) is 4.53. The van der Waals surface area contributed by atoms with E-state index in [1.165, 1.54) is 4.31 Å². The molecule has 6 heteroatoms. The van der Waals surface area contributed by atoms with Gasteiger partial charge < -0.3 is 0 Å². The van der Waals surface area contributed by atoms with Crippen molar-refractivity contribution in [3.8, 4) is 0 Å². The predicted octanol–water partition coefficient (Wildman–Crippen LogP) is 2.79. The number of hydrogen-bond donors (Lipinski definition) is 1. The number of rotatable bonds is 3. The molecular formula is C12H17ClN2O2S. The molecule has 0 bridgehead atoms. The van der Waals surface area contributed by atoms with E-state index in [1.807, 2.05) is 6.92 Å². The highest BCUT2D eigenvalue weighted by atomic mass is 35.5. The fourth-order valence-electron chi connectivity index (χ4n) is 2.05. The molecule has 1 heterocycles. The number of halogens is 1. The largest absolute Gasteiger partial charge is 0.301 e. The Kier molecular flexibility index (Phi) is 4.14.